The molecule has 0 aromatic heterocycles. The van der Waals surface area contributed by atoms with E-state index in [4.69, 9.17) is 66.3 Å². The molecule has 0 atom stereocenters. The molecule has 0 aromatic rings. The number of alkyl halides is 2. The van der Waals surface area contributed by atoms with Crippen molar-refractivity contribution in [3.05, 3.63) is 0 Å². The van der Waals surface area contributed by atoms with Crippen molar-refractivity contribution in [3.8, 4) is 0 Å². The summed E-state index contributed by atoms with van der Waals surface area (Å²) in [5, 5.41) is 1.67. The van der Waals surface area contributed by atoms with Gasteiger partial charge in [0.25, 0.3) is 0 Å². The maximum atomic E-state index is 5.48. The van der Waals surface area contributed by atoms with E-state index in [9.17, 15) is 0 Å². The van der Waals surface area contributed by atoms with Crippen LogP contribution in [0.25, 0.3) is 0 Å². The van der Waals surface area contributed by atoms with Crippen LogP contribution < -0.4 is 0 Å². The maximum Gasteiger partial charge on any atom is 0.0701 e. The molecule has 0 amide bonds. The molecular weight excluding hydrogens is 744 g/mol. The molecule has 0 unspecified atom stereocenters. The molecular formula is C30H60Br2O14. The lowest BCUT2D eigenvalue weighted by Crippen LogP contribution is -2.15. The Morgan fingerprint density at radius 2 is 0.239 bits per heavy atom. The average Bonchev–Trinajstić information content (AvgIpc) is 3.07. The van der Waals surface area contributed by atoms with Gasteiger partial charge in [0.05, 0.1) is 185 Å². The summed E-state index contributed by atoms with van der Waals surface area (Å²) in [6.45, 7) is 15.2. The Kier molecular flexibility index (Phi) is 45.8. The zero-order valence-corrected chi connectivity index (χ0v) is 30.9. The largest absolute Gasteiger partial charge is 0.378 e. The maximum absolute atomic E-state index is 5.48. The zero-order chi connectivity index (χ0) is 33.1. The SMILES string of the molecule is BrCCOCCOCCOCCOCCOCCOCCOCCOCCOCCOCCOCCOCCOCCOCCBr. The fourth-order valence-electron chi connectivity index (χ4n) is 3.07. The minimum Gasteiger partial charge on any atom is -0.378 e. The summed E-state index contributed by atoms with van der Waals surface area (Å²) in [6.07, 6.45) is 0. The second kappa shape index (κ2) is 45.4. The number of halogens is 2. The van der Waals surface area contributed by atoms with E-state index in [0.717, 1.165) is 10.7 Å². The molecule has 278 valence electrons. The molecule has 0 radical (unpaired) electrons. The molecule has 0 saturated carbocycles. The van der Waals surface area contributed by atoms with Gasteiger partial charge in [-0.15, -0.1) is 0 Å². The highest BCUT2D eigenvalue weighted by Gasteiger charge is 1.97. The second-order valence-electron chi connectivity index (χ2n) is 8.95. The van der Waals surface area contributed by atoms with Crippen molar-refractivity contribution in [2.45, 2.75) is 0 Å². The van der Waals surface area contributed by atoms with Crippen LogP contribution in [0.1, 0.15) is 0 Å². The number of hydrogen-bond donors (Lipinski definition) is 0. The summed E-state index contributed by atoms with van der Waals surface area (Å²) in [5.74, 6) is 0. The van der Waals surface area contributed by atoms with E-state index in [1.807, 2.05) is 0 Å². The molecule has 0 saturated heterocycles. The van der Waals surface area contributed by atoms with Gasteiger partial charge in [0, 0.05) is 10.7 Å². The lowest BCUT2D eigenvalue weighted by Gasteiger charge is -2.09. The van der Waals surface area contributed by atoms with Crippen LogP contribution in [0.2, 0.25) is 0 Å². The Labute approximate surface area is 293 Å². The van der Waals surface area contributed by atoms with E-state index < -0.39 is 0 Å². The first-order chi connectivity index (χ1) is 22.9. The van der Waals surface area contributed by atoms with Crippen molar-refractivity contribution in [2.75, 3.05) is 196 Å². The van der Waals surface area contributed by atoms with E-state index in [1.54, 1.807) is 0 Å². The van der Waals surface area contributed by atoms with Gasteiger partial charge >= 0.3 is 0 Å². The highest BCUT2D eigenvalue weighted by Crippen LogP contribution is 1.88. The van der Waals surface area contributed by atoms with E-state index in [-0.39, 0.29) is 0 Å². The Morgan fingerprint density at radius 3 is 0.326 bits per heavy atom. The van der Waals surface area contributed by atoms with Gasteiger partial charge < -0.3 is 66.3 Å². The first kappa shape index (κ1) is 46.4. The molecule has 0 fully saturated rings. The van der Waals surface area contributed by atoms with Gasteiger partial charge in [0.15, 0.2) is 0 Å². The zero-order valence-electron chi connectivity index (χ0n) is 27.7. The first-order valence-electron chi connectivity index (χ1n) is 16.1. The van der Waals surface area contributed by atoms with Crippen LogP contribution in [-0.2, 0) is 66.3 Å². The van der Waals surface area contributed by atoms with Gasteiger partial charge in [-0.1, -0.05) is 31.9 Å². The fourth-order valence-corrected chi connectivity index (χ4v) is 3.53. The molecule has 0 aromatic carbocycles. The topological polar surface area (TPSA) is 129 Å². The van der Waals surface area contributed by atoms with Crippen LogP contribution in [0.5, 0.6) is 0 Å². The third-order valence-corrected chi connectivity index (χ3v) is 5.93. The molecule has 0 aliphatic heterocycles. The van der Waals surface area contributed by atoms with E-state index >= 15 is 0 Å². The second-order valence-corrected chi connectivity index (χ2v) is 10.5. The standard InChI is InChI=1S/C30H60Br2O14/c31-1-3-33-5-7-35-9-11-37-13-15-39-17-19-41-21-23-43-25-27-45-29-30-46-28-26-44-24-22-42-20-18-40-16-14-38-12-10-36-8-6-34-4-2-32/h1-30H2. The van der Waals surface area contributed by atoms with Gasteiger partial charge in [0.2, 0.25) is 0 Å². The highest BCUT2D eigenvalue weighted by molar-refractivity contribution is 9.09. The molecule has 0 bridgehead atoms. The van der Waals surface area contributed by atoms with Gasteiger partial charge in [-0.05, 0) is 0 Å². The predicted molar refractivity (Wildman–Crippen MR) is 179 cm³/mol. The van der Waals surface area contributed by atoms with Crippen molar-refractivity contribution in [1.29, 1.82) is 0 Å². The van der Waals surface area contributed by atoms with Crippen molar-refractivity contribution in [1.82, 2.24) is 0 Å². The van der Waals surface area contributed by atoms with Gasteiger partial charge in [-0.3, -0.25) is 0 Å². The summed E-state index contributed by atoms with van der Waals surface area (Å²) in [4.78, 5) is 0. The lowest BCUT2D eigenvalue weighted by atomic mass is 10.6. The Morgan fingerprint density at radius 1 is 0.152 bits per heavy atom. The van der Waals surface area contributed by atoms with Crippen molar-refractivity contribution in [2.24, 2.45) is 0 Å². The van der Waals surface area contributed by atoms with E-state index in [2.05, 4.69) is 31.9 Å². The summed E-state index contributed by atoms with van der Waals surface area (Å²) in [7, 11) is 0. The molecule has 46 heavy (non-hydrogen) atoms. The number of ether oxygens (including phenoxy) is 14. The first-order valence-corrected chi connectivity index (χ1v) is 18.4. The Balaban J connectivity index is 3.03. The third kappa shape index (κ3) is 44.4. The average molecular weight is 805 g/mol. The van der Waals surface area contributed by atoms with E-state index in [1.165, 1.54) is 0 Å². The predicted octanol–water partition coefficient (Wildman–Crippen LogP) is 2.01. The quantitative estimate of drug-likeness (QED) is 0.0659. The summed E-state index contributed by atoms with van der Waals surface area (Å²) < 4.78 is 76.0. The van der Waals surface area contributed by atoms with Crippen molar-refractivity contribution >= 4 is 31.9 Å². The molecule has 0 aliphatic carbocycles. The molecule has 0 spiro atoms. The fraction of sp³-hybridized carbons (Fsp3) is 1.00. The summed E-state index contributed by atoms with van der Waals surface area (Å²) in [5.41, 5.74) is 0. The van der Waals surface area contributed by atoms with Crippen molar-refractivity contribution in [3.63, 3.8) is 0 Å². The minimum atomic E-state index is 0.510. The van der Waals surface area contributed by atoms with Gasteiger partial charge in [-0.2, -0.15) is 0 Å². The Bertz CT molecular complexity index is 488. The molecule has 0 aliphatic rings. The molecule has 0 N–H and O–H groups in total. The van der Waals surface area contributed by atoms with Gasteiger partial charge in [-0.25, -0.2) is 0 Å². The third-order valence-electron chi connectivity index (χ3n) is 5.28. The smallest absolute Gasteiger partial charge is 0.0701 e. The van der Waals surface area contributed by atoms with Crippen LogP contribution in [-0.4, -0.2) is 196 Å². The lowest BCUT2D eigenvalue weighted by molar-refractivity contribution is -0.0294. The Hall–Kier alpha value is 0.400. The number of hydrogen-bond acceptors (Lipinski definition) is 14. The van der Waals surface area contributed by atoms with Crippen LogP contribution in [0.4, 0.5) is 0 Å². The van der Waals surface area contributed by atoms with Crippen LogP contribution in [0.15, 0.2) is 0 Å². The van der Waals surface area contributed by atoms with E-state index in [0.29, 0.717) is 185 Å². The monoisotopic (exact) mass is 802 g/mol. The normalized spacial score (nSPS) is 11.6. The molecule has 16 heteroatoms. The van der Waals surface area contributed by atoms with Crippen molar-refractivity contribution < 1.29 is 66.3 Å². The molecule has 0 rings (SSSR count). The molecule has 0 heterocycles. The van der Waals surface area contributed by atoms with Crippen LogP contribution in [0, 0.1) is 0 Å². The molecule has 14 nitrogen and oxygen atoms in total. The number of rotatable bonds is 43. The van der Waals surface area contributed by atoms with Gasteiger partial charge in [0.1, 0.15) is 0 Å². The summed E-state index contributed by atoms with van der Waals surface area (Å²) in [6, 6.07) is 0. The van der Waals surface area contributed by atoms with Crippen LogP contribution >= 0.6 is 31.9 Å². The minimum absolute atomic E-state index is 0.510. The highest BCUT2D eigenvalue weighted by atomic mass is 79.9. The van der Waals surface area contributed by atoms with Crippen LogP contribution in [0.3, 0.4) is 0 Å². The summed E-state index contributed by atoms with van der Waals surface area (Å²) >= 11 is 6.60.